The van der Waals surface area contributed by atoms with Gasteiger partial charge in [0.15, 0.2) is 0 Å². The van der Waals surface area contributed by atoms with Crippen molar-refractivity contribution in [3.8, 4) is 33.8 Å². The van der Waals surface area contributed by atoms with E-state index in [4.69, 9.17) is 65.3 Å². The van der Waals surface area contributed by atoms with Gasteiger partial charge in [-0.3, -0.25) is 9.54 Å². The SMILES string of the molecule is CN=P.Clc1ccc2c(c1)oc1cc3c(cc12)oc1cc(Cl)ccc13.O=CO[O-].Oc1cc(-c2ccc(Cl)cc2F)c(O)cc1-c1ccc(Cl)cc1F.[BH4-].[B].[H-].[K+].[K+]. The summed E-state index contributed by atoms with van der Waals surface area (Å²) in [5.74, 6) is -1.91. The van der Waals surface area contributed by atoms with Gasteiger partial charge in [0.25, 0.3) is 6.47 Å². The Morgan fingerprint density at radius 2 is 0.930 bits per heavy atom. The Labute approximate surface area is 437 Å². The Morgan fingerprint density at radius 3 is 1.25 bits per heavy atom. The van der Waals surface area contributed by atoms with Crippen LogP contribution in [0.5, 0.6) is 11.5 Å². The summed E-state index contributed by atoms with van der Waals surface area (Å²) in [6, 6.07) is 25.6. The first kappa shape index (κ1) is 53.5. The van der Waals surface area contributed by atoms with Gasteiger partial charge in [0, 0.05) is 91.5 Å². The van der Waals surface area contributed by atoms with E-state index in [0.29, 0.717) is 10.0 Å². The van der Waals surface area contributed by atoms with E-state index in [0.717, 1.165) is 56.0 Å². The standard InChI is InChI=1S/C18H10Cl2F2O2.C18H8Cl2O2.CH4NP.CH2O3.BH4.B.2K.H/c19-9-1-3-11(15(21)5-9)13-7-18(24)14(8-17(13)23)12-4-2-10(20)6-16(12)22;19-9-1-3-11-13-7-18-14(8-17(13)21-15(11)5-9)12-4-2-10(20)6-16(12)22-18;1-2-3;2-1-4-3;;;;;/h1-8,23-24H;1-8H;3H,1H3;1,3H;1H4;;;;/q;;;;-1;;2*+1;-1/p-1. The summed E-state index contributed by atoms with van der Waals surface area (Å²) in [6.45, 7) is -0.181. The number of carbonyl (C=O) groups excluding carboxylic acids is 1. The van der Waals surface area contributed by atoms with Crippen LogP contribution in [0.1, 0.15) is 1.43 Å². The number of halogens is 6. The Morgan fingerprint density at radius 1 is 0.632 bits per heavy atom. The zero-order chi connectivity index (χ0) is 38.4. The predicted octanol–water partition coefficient (Wildman–Crippen LogP) is 4.47. The van der Waals surface area contributed by atoms with E-state index in [1.807, 2.05) is 48.5 Å². The number of rotatable bonds is 3. The van der Waals surface area contributed by atoms with Crippen molar-refractivity contribution < 1.29 is 147 Å². The van der Waals surface area contributed by atoms with Gasteiger partial charge in [-0.15, -0.1) is 0 Å². The second-order valence-electron chi connectivity index (χ2n) is 10.9. The molecule has 2 heterocycles. The zero-order valence-electron chi connectivity index (χ0n) is 30.5. The van der Waals surface area contributed by atoms with Gasteiger partial charge >= 0.3 is 103 Å². The topological polar surface area (TPSA) is 128 Å². The van der Waals surface area contributed by atoms with Crippen LogP contribution in [0.3, 0.4) is 0 Å². The monoisotopic (exact) mass is 919 g/mol. The number of phenolic OH excluding ortho intramolecular Hbond substituents is 2. The van der Waals surface area contributed by atoms with Crippen LogP contribution >= 0.6 is 55.4 Å². The molecule has 8 rings (SSSR count). The number of phenols is 2. The van der Waals surface area contributed by atoms with Gasteiger partial charge in [0.1, 0.15) is 45.5 Å². The molecule has 6 aromatic carbocycles. The zero-order valence-corrected chi connectivity index (χ0v) is 39.8. The van der Waals surface area contributed by atoms with Crippen molar-refractivity contribution in [2.24, 2.45) is 4.74 Å². The average Bonchev–Trinajstić information content (AvgIpc) is 3.65. The van der Waals surface area contributed by atoms with Gasteiger partial charge in [0.2, 0.25) is 0 Å². The van der Waals surface area contributed by atoms with Crippen LogP contribution < -0.4 is 108 Å². The summed E-state index contributed by atoms with van der Waals surface area (Å²) >= 11 is 23.5. The van der Waals surface area contributed by atoms with Crippen molar-refractivity contribution in [2.45, 2.75) is 0 Å². The van der Waals surface area contributed by atoms with Crippen molar-refractivity contribution in [1.82, 2.24) is 0 Å². The number of carbonyl (C=O) groups is 1. The molecule has 0 aliphatic heterocycles. The number of aromatic hydroxyl groups is 2. The van der Waals surface area contributed by atoms with Crippen LogP contribution in [0, 0.1) is 11.6 Å². The van der Waals surface area contributed by atoms with Gasteiger partial charge in [-0.05, 0) is 94.0 Å². The maximum atomic E-state index is 14.0. The Kier molecular flexibility index (Phi) is 23.1. The number of benzene rings is 6. The molecule has 0 bridgehead atoms. The molecule has 0 amide bonds. The van der Waals surface area contributed by atoms with Gasteiger partial charge in [-0.1, -0.05) is 54.8 Å². The largest absolute Gasteiger partial charge is 1.00 e. The molecule has 2 N–H and O–H groups in total. The third-order valence-corrected chi connectivity index (χ3v) is 8.53. The minimum Gasteiger partial charge on any atom is -1.00 e. The Hall–Kier alpha value is -1.53. The summed E-state index contributed by atoms with van der Waals surface area (Å²) in [5, 5.41) is 34.7. The number of hydrogen-bond donors (Lipinski definition) is 2. The quantitative estimate of drug-likeness (QED) is 0.0669. The van der Waals surface area contributed by atoms with Crippen LogP contribution in [0.25, 0.3) is 66.1 Å². The maximum absolute atomic E-state index is 14.0. The van der Waals surface area contributed by atoms with Crippen molar-refractivity contribution in [3.05, 3.63) is 129 Å². The van der Waals surface area contributed by atoms with Crippen LogP contribution in [0.15, 0.2) is 111 Å². The van der Waals surface area contributed by atoms with E-state index >= 15 is 0 Å². The van der Waals surface area contributed by atoms with E-state index in [2.05, 4.69) is 18.7 Å². The van der Waals surface area contributed by atoms with Crippen molar-refractivity contribution in [1.29, 1.82) is 0 Å². The summed E-state index contributed by atoms with van der Waals surface area (Å²) in [6.07, 6.45) is 0. The van der Waals surface area contributed by atoms with E-state index in [1.54, 1.807) is 7.05 Å². The maximum Gasteiger partial charge on any atom is 1.00 e. The third-order valence-electron chi connectivity index (χ3n) is 7.59. The van der Waals surface area contributed by atoms with Gasteiger partial charge in [0.05, 0.1) is 0 Å². The average molecular weight is 921 g/mol. The molecule has 8 nitrogen and oxygen atoms in total. The Balaban J connectivity index is 0.000000900. The van der Waals surface area contributed by atoms with Gasteiger partial charge in [-0.25, -0.2) is 8.78 Å². The molecular formula is C38H28B2Cl4F2K2NO7P-. The molecule has 2 aromatic heterocycles. The molecule has 3 radical (unpaired) electrons. The molecule has 0 aliphatic rings. The molecule has 0 spiro atoms. The second kappa shape index (κ2) is 24.7. The summed E-state index contributed by atoms with van der Waals surface area (Å²) in [7, 11) is 4.47. The molecule has 0 unspecified atom stereocenters. The first-order valence-corrected chi connectivity index (χ1v) is 16.9. The molecule has 0 fully saturated rings. The molecule has 0 saturated carbocycles. The Bertz CT molecular complexity index is 2490. The molecule has 57 heavy (non-hydrogen) atoms. The number of hydrogen-bond acceptors (Lipinski definition) is 8. The first-order valence-electron chi connectivity index (χ1n) is 15.0. The molecule has 0 aliphatic carbocycles. The van der Waals surface area contributed by atoms with E-state index in [9.17, 15) is 19.0 Å². The smallest absolute Gasteiger partial charge is 1.00 e. The van der Waals surface area contributed by atoms with Crippen LogP contribution in [-0.4, -0.2) is 40.6 Å². The summed E-state index contributed by atoms with van der Waals surface area (Å²) < 4.78 is 43.2. The summed E-state index contributed by atoms with van der Waals surface area (Å²) in [4.78, 5) is 11.2. The van der Waals surface area contributed by atoms with Gasteiger partial charge in [-0.2, -0.15) is 0 Å². The number of furan rings is 2. The minimum atomic E-state index is -0.650. The minimum absolute atomic E-state index is 0. The molecular weight excluding hydrogens is 893 g/mol. The summed E-state index contributed by atoms with van der Waals surface area (Å²) in [5.41, 5.74) is 3.47. The molecule has 19 heteroatoms. The van der Waals surface area contributed by atoms with Crippen LogP contribution in [0.2, 0.25) is 20.1 Å². The fourth-order valence-electron chi connectivity index (χ4n) is 5.42. The van der Waals surface area contributed by atoms with Crippen LogP contribution in [0.4, 0.5) is 8.78 Å². The molecule has 283 valence electrons. The van der Waals surface area contributed by atoms with E-state index in [1.165, 1.54) is 36.4 Å². The molecule has 0 atom stereocenters. The fraction of sp³-hybridized carbons (Fsp3) is 0.0263. The van der Waals surface area contributed by atoms with Crippen molar-refractivity contribution in [3.63, 3.8) is 0 Å². The number of nitrogens with zero attached hydrogens (tertiary/aromatic N) is 1. The third kappa shape index (κ3) is 13.0. The van der Waals surface area contributed by atoms with Gasteiger partial charge < -0.3 is 30.6 Å². The van der Waals surface area contributed by atoms with E-state index in [-0.39, 0.29) is 171 Å². The fourth-order valence-corrected chi connectivity index (χ4v) is 6.06. The molecule has 8 aromatic rings. The van der Waals surface area contributed by atoms with Crippen molar-refractivity contribution >= 4 is 123 Å². The first-order chi connectivity index (χ1) is 25.4. The van der Waals surface area contributed by atoms with Crippen molar-refractivity contribution in [2.75, 3.05) is 7.05 Å². The normalized spacial score (nSPS) is 9.82. The number of fused-ring (bicyclic) bond motifs is 6. The van der Waals surface area contributed by atoms with E-state index < -0.39 is 11.6 Å². The van der Waals surface area contributed by atoms with Crippen LogP contribution in [-0.2, 0) is 9.68 Å². The predicted molar refractivity (Wildman–Crippen MR) is 224 cm³/mol. The molecule has 0 saturated heterocycles. The second-order valence-corrected chi connectivity index (χ2v) is 13.1.